The van der Waals surface area contributed by atoms with Crippen LogP contribution in [0.2, 0.25) is 0 Å². The zero-order chi connectivity index (χ0) is 22.0. The van der Waals surface area contributed by atoms with Gasteiger partial charge in [0.05, 0.1) is 23.0 Å². The van der Waals surface area contributed by atoms with E-state index in [1.807, 2.05) is 61.5 Å². The molecule has 6 heteroatoms. The van der Waals surface area contributed by atoms with Crippen molar-refractivity contribution in [3.8, 4) is 11.5 Å². The number of aryl methyl sites for hydroxylation is 1. The van der Waals surface area contributed by atoms with E-state index in [0.717, 1.165) is 27.1 Å². The van der Waals surface area contributed by atoms with Gasteiger partial charge in [-0.2, -0.15) is 0 Å². The third-order valence-corrected chi connectivity index (χ3v) is 6.37. The molecule has 0 saturated heterocycles. The smallest absolute Gasteiger partial charge is 0.252 e. The largest absolute Gasteiger partial charge is 0.457 e. The fraction of sp³-hybridized carbons (Fsp3) is 0.160. The summed E-state index contributed by atoms with van der Waals surface area (Å²) in [5.74, 6) is 1.46. The number of carbonyl (C=O) groups excluding carboxylic acids is 1. The second kappa shape index (κ2) is 9.32. The van der Waals surface area contributed by atoms with E-state index in [-0.39, 0.29) is 6.04 Å². The molecular weight excluding hydrogens is 523 g/mol. The Balaban J connectivity index is 1.74. The fourth-order valence-corrected chi connectivity index (χ4v) is 4.75. The van der Waals surface area contributed by atoms with Gasteiger partial charge in [0.15, 0.2) is 0 Å². The molecule has 1 heterocycles. The van der Waals surface area contributed by atoms with Crippen LogP contribution in [0, 0.1) is 6.92 Å². The Labute approximate surface area is 200 Å². The van der Waals surface area contributed by atoms with Crippen molar-refractivity contribution in [3.63, 3.8) is 0 Å². The minimum absolute atomic E-state index is 0.359. The number of ether oxygens (including phenoxy) is 1. The maximum Gasteiger partial charge on any atom is 0.252 e. The molecule has 0 bridgehead atoms. The number of halogens is 2. The highest BCUT2D eigenvalue weighted by molar-refractivity contribution is 14.1. The van der Waals surface area contributed by atoms with Crippen molar-refractivity contribution in [1.82, 2.24) is 0 Å². The molecule has 3 aromatic carbocycles. The lowest BCUT2D eigenvalue weighted by Gasteiger charge is -2.22. The molecule has 2 N–H and O–H groups in total. The van der Waals surface area contributed by atoms with Crippen LogP contribution in [0.5, 0.6) is 11.5 Å². The highest BCUT2D eigenvalue weighted by Crippen LogP contribution is 2.40. The Morgan fingerprint density at radius 1 is 1.00 bits per heavy atom. The van der Waals surface area contributed by atoms with Crippen molar-refractivity contribution in [3.05, 3.63) is 94.7 Å². The number of carbonyl (C=O) groups is 1. The summed E-state index contributed by atoms with van der Waals surface area (Å²) in [5, 5.41) is 6.39. The molecule has 1 unspecified atom stereocenters. The number of benzene rings is 3. The van der Waals surface area contributed by atoms with E-state index in [2.05, 4.69) is 52.3 Å². The van der Waals surface area contributed by atoms with Gasteiger partial charge < -0.3 is 15.4 Å². The Hall–Kier alpha value is -2.51. The average molecular weight is 545 g/mol. The van der Waals surface area contributed by atoms with Gasteiger partial charge in [0.25, 0.3) is 5.24 Å². The summed E-state index contributed by atoms with van der Waals surface area (Å²) in [6.07, 6.45) is 0. The Morgan fingerprint density at radius 3 is 2.48 bits per heavy atom. The highest BCUT2D eigenvalue weighted by Gasteiger charge is 2.28. The van der Waals surface area contributed by atoms with Crippen LogP contribution in [0.1, 0.15) is 29.7 Å². The molecule has 158 valence electrons. The molecule has 0 amide bonds. The van der Waals surface area contributed by atoms with Crippen molar-refractivity contribution in [2.24, 2.45) is 0 Å². The maximum atomic E-state index is 12.4. The summed E-state index contributed by atoms with van der Waals surface area (Å²) < 4.78 is 6.87. The number of hydrogen-bond donors (Lipinski definition) is 2. The predicted molar refractivity (Wildman–Crippen MR) is 135 cm³/mol. The number of anilines is 2. The minimum Gasteiger partial charge on any atom is -0.457 e. The van der Waals surface area contributed by atoms with Gasteiger partial charge in [-0.05, 0) is 66.4 Å². The summed E-state index contributed by atoms with van der Waals surface area (Å²) in [5.41, 5.74) is 6.38. The van der Waals surface area contributed by atoms with Gasteiger partial charge in [0, 0.05) is 16.2 Å². The van der Waals surface area contributed by atoms with Crippen LogP contribution in [0.15, 0.2) is 78.0 Å². The Kier molecular flexibility index (Phi) is 6.53. The van der Waals surface area contributed by atoms with Gasteiger partial charge in [0.2, 0.25) is 0 Å². The van der Waals surface area contributed by atoms with Crippen LogP contribution in [-0.4, -0.2) is 5.24 Å². The first-order valence-electron chi connectivity index (χ1n) is 9.92. The van der Waals surface area contributed by atoms with E-state index in [9.17, 15) is 4.79 Å². The number of allylic oxidation sites excluding steroid dienone is 1. The second-order valence-corrected chi connectivity index (χ2v) is 8.56. The molecule has 1 aliphatic heterocycles. The van der Waals surface area contributed by atoms with E-state index in [0.29, 0.717) is 17.0 Å². The molecule has 0 radical (unpaired) electrons. The molecule has 0 aromatic heterocycles. The van der Waals surface area contributed by atoms with Crippen LogP contribution in [0.3, 0.4) is 0 Å². The number of rotatable bonds is 5. The van der Waals surface area contributed by atoms with Gasteiger partial charge in [-0.1, -0.05) is 59.0 Å². The predicted octanol–water partition coefficient (Wildman–Crippen LogP) is 7.34. The Bertz CT molecular complexity index is 1160. The summed E-state index contributed by atoms with van der Waals surface area (Å²) in [7, 11) is 0. The van der Waals surface area contributed by atoms with E-state index in [4.69, 9.17) is 16.3 Å². The van der Waals surface area contributed by atoms with Crippen molar-refractivity contribution in [2.45, 2.75) is 24.3 Å². The molecule has 0 spiro atoms. The first-order chi connectivity index (χ1) is 15.0. The lowest BCUT2D eigenvalue weighted by Crippen LogP contribution is -2.18. The number of fused-ring (bicyclic) bond motifs is 1. The van der Waals surface area contributed by atoms with Crippen LogP contribution < -0.4 is 15.4 Å². The number of nitrogens with one attached hydrogen (secondary N) is 2. The van der Waals surface area contributed by atoms with Crippen LogP contribution in [-0.2, 0) is 9.22 Å². The monoisotopic (exact) mass is 544 g/mol. The van der Waals surface area contributed by atoms with Crippen LogP contribution in [0.4, 0.5) is 11.4 Å². The summed E-state index contributed by atoms with van der Waals surface area (Å²) >= 11 is 8.41. The van der Waals surface area contributed by atoms with Gasteiger partial charge >= 0.3 is 0 Å². The maximum absolute atomic E-state index is 12.4. The first kappa shape index (κ1) is 21.7. The van der Waals surface area contributed by atoms with Crippen LogP contribution in [0.25, 0.3) is 0 Å². The molecule has 0 aliphatic carbocycles. The number of para-hydroxylation sites is 1. The summed E-state index contributed by atoms with van der Waals surface area (Å²) in [6.45, 7) is 3.97. The molecule has 1 aliphatic rings. The number of hydrogen-bond acceptors (Lipinski definition) is 4. The lowest BCUT2D eigenvalue weighted by molar-refractivity contribution is -0.108. The van der Waals surface area contributed by atoms with Gasteiger partial charge in [-0.3, -0.25) is 4.79 Å². The normalized spacial score (nSPS) is 15.4. The van der Waals surface area contributed by atoms with Crippen molar-refractivity contribution in [2.75, 3.05) is 10.6 Å². The third-order valence-electron chi connectivity index (χ3n) is 5.35. The van der Waals surface area contributed by atoms with Crippen molar-refractivity contribution >= 4 is 50.8 Å². The van der Waals surface area contributed by atoms with E-state index in [1.165, 1.54) is 11.1 Å². The molecule has 4 rings (SSSR count). The quantitative estimate of drug-likeness (QED) is 0.200. The summed E-state index contributed by atoms with van der Waals surface area (Å²) in [4.78, 5) is 12.4. The first-order valence-corrected chi connectivity index (χ1v) is 11.8. The standard InChI is InChI=1S/C25H22ClIN2O2/c1-15-8-9-17(12-18(15)14-27)24-23(25(26)30)16(2)28-22-13-20(10-11-21(22)29-24)31-19-6-4-3-5-7-19/h3-13,24,28-29H,14H2,1-2H3. The van der Waals surface area contributed by atoms with Gasteiger partial charge in [-0.15, -0.1) is 0 Å². The number of alkyl halides is 1. The molecular formula is C25H22ClIN2O2. The van der Waals surface area contributed by atoms with Gasteiger partial charge in [0.1, 0.15) is 11.5 Å². The van der Waals surface area contributed by atoms with Crippen LogP contribution >= 0.6 is 34.2 Å². The summed E-state index contributed by atoms with van der Waals surface area (Å²) in [6, 6.07) is 21.3. The minimum atomic E-state index is -0.479. The lowest BCUT2D eigenvalue weighted by atomic mass is 9.95. The zero-order valence-corrected chi connectivity index (χ0v) is 20.1. The van der Waals surface area contributed by atoms with E-state index >= 15 is 0 Å². The highest BCUT2D eigenvalue weighted by atomic mass is 127. The fourth-order valence-electron chi connectivity index (χ4n) is 3.68. The van der Waals surface area contributed by atoms with Crippen molar-refractivity contribution in [1.29, 1.82) is 0 Å². The molecule has 0 saturated carbocycles. The topological polar surface area (TPSA) is 50.4 Å². The molecule has 1 atom stereocenters. The zero-order valence-electron chi connectivity index (χ0n) is 17.2. The Morgan fingerprint density at radius 2 is 1.77 bits per heavy atom. The molecule has 31 heavy (non-hydrogen) atoms. The second-order valence-electron chi connectivity index (χ2n) is 7.46. The van der Waals surface area contributed by atoms with Crippen molar-refractivity contribution < 1.29 is 9.53 Å². The van der Waals surface area contributed by atoms with E-state index in [1.54, 1.807) is 0 Å². The van der Waals surface area contributed by atoms with E-state index < -0.39 is 5.24 Å². The van der Waals surface area contributed by atoms with Gasteiger partial charge in [-0.25, -0.2) is 0 Å². The SMILES string of the molecule is CC1=C(C(=O)Cl)C(c2ccc(C)c(CI)c2)Nc2ccc(Oc3ccccc3)cc2N1. The molecule has 3 aromatic rings. The average Bonchev–Trinajstić information content (AvgIpc) is 2.90. The molecule has 4 nitrogen and oxygen atoms in total. The third kappa shape index (κ3) is 4.72. The molecule has 0 fully saturated rings.